The third kappa shape index (κ3) is 4.71. The lowest BCUT2D eigenvalue weighted by Gasteiger charge is -2.28. The van der Waals surface area contributed by atoms with E-state index in [0.29, 0.717) is 11.3 Å². The summed E-state index contributed by atoms with van der Waals surface area (Å²) in [4.78, 5) is 24.6. The van der Waals surface area contributed by atoms with Crippen LogP contribution in [0.15, 0.2) is 65.9 Å². The lowest BCUT2D eigenvalue weighted by atomic mass is 9.94. The van der Waals surface area contributed by atoms with Crippen LogP contribution in [-0.2, 0) is 16.0 Å². The number of carbonyl (C=O) groups is 2. The van der Waals surface area contributed by atoms with E-state index in [-0.39, 0.29) is 19.2 Å². The molecule has 2 N–H and O–H groups in total. The van der Waals surface area contributed by atoms with Crippen molar-refractivity contribution < 1.29 is 19.1 Å². The predicted octanol–water partition coefficient (Wildman–Crippen LogP) is 3.50. The summed E-state index contributed by atoms with van der Waals surface area (Å²) in [7, 11) is 0. The summed E-state index contributed by atoms with van der Waals surface area (Å²) in [5.74, 6) is 0.237. The first-order valence-electron chi connectivity index (χ1n) is 9.30. The Balaban J connectivity index is 1.67. The molecule has 2 aromatic rings. The SMILES string of the molecule is CCc1ccc([C@@H]2NC(=O)NC(C)=C2C(=O)OCCOc2ccccc2)cc1. The third-order valence-corrected chi connectivity index (χ3v) is 4.54. The maximum absolute atomic E-state index is 12.7. The second-order valence-corrected chi connectivity index (χ2v) is 6.46. The van der Waals surface area contributed by atoms with Crippen LogP contribution in [-0.4, -0.2) is 25.2 Å². The molecular formula is C22H24N2O4. The number of allylic oxidation sites excluding steroid dienone is 1. The second-order valence-electron chi connectivity index (χ2n) is 6.46. The predicted molar refractivity (Wildman–Crippen MR) is 106 cm³/mol. The van der Waals surface area contributed by atoms with Crippen molar-refractivity contribution in [3.63, 3.8) is 0 Å². The first-order valence-corrected chi connectivity index (χ1v) is 9.30. The number of amides is 2. The highest BCUT2D eigenvalue weighted by Crippen LogP contribution is 2.27. The number of benzene rings is 2. The summed E-state index contributed by atoms with van der Waals surface area (Å²) in [6.07, 6.45) is 0.921. The molecule has 0 radical (unpaired) electrons. The Morgan fingerprint density at radius 1 is 1.04 bits per heavy atom. The lowest BCUT2D eigenvalue weighted by molar-refractivity contribution is -0.140. The molecule has 1 atom stereocenters. The highest BCUT2D eigenvalue weighted by molar-refractivity contribution is 5.95. The minimum Gasteiger partial charge on any atom is -0.490 e. The fraction of sp³-hybridized carbons (Fsp3) is 0.273. The number of urea groups is 1. The standard InChI is InChI=1S/C22H24N2O4/c1-3-16-9-11-17(12-10-16)20-19(15(2)23-22(26)24-20)21(25)28-14-13-27-18-7-5-4-6-8-18/h4-12,20H,3,13-14H2,1-2H3,(H2,23,24,26)/t20-/m0/s1. The normalized spacial score (nSPS) is 16.2. The van der Waals surface area contributed by atoms with E-state index in [2.05, 4.69) is 17.6 Å². The average Bonchev–Trinajstić information content (AvgIpc) is 2.71. The van der Waals surface area contributed by atoms with Gasteiger partial charge in [0, 0.05) is 5.70 Å². The van der Waals surface area contributed by atoms with Gasteiger partial charge in [-0.25, -0.2) is 9.59 Å². The van der Waals surface area contributed by atoms with Gasteiger partial charge in [0.2, 0.25) is 0 Å². The van der Waals surface area contributed by atoms with Gasteiger partial charge in [-0.2, -0.15) is 0 Å². The number of hydrogen-bond acceptors (Lipinski definition) is 4. The summed E-state index contributed by atoms with van der Waals surface area (Å²) < 4.78 is 10.9. The number of ether oxygens (including phenoxy) is 2. The summed E-state index contributed by atoms with van der Waals surface area (Å²) >= 11 is 0. The smallest absolute Gasteiger partial charge is 0.338 e. The van der Waals surface area contributed by atoms with Crippen molar-refractivity contribution in [2.45, 2.75) is 26.3 Å². The molecule has 6 heteroatoms. The first kappa shape index (κ1) is 19.5. The minimum atomic E-state index is -0.554. The number of esters is 1. The van der Waals surface area contributed by atoms with Crippen molar-refractivity contribution in [1.29, 1.82) is 0 Å². The van der Waals surface area contributed by atoms with Crippen molar-refractivity contribution in [1.82, 2.24) is 10.6 Å². The van der Waals surface area contributed by atoms with Gasteiger partial charge in [0.25, 0.3) is 0 Å². The molecule has 0 fully saturated rings. The van der Waals surface area contributed by atoms with Crippen LogP contribution in [0.3, 0.4) is 0 Å². The zero-order chi connectivity index (χ0) is 19.9. The Morgan fingerprint density at radius 2 is 1.75 bits per heavy atom. The molecule has 28 heavy (non-hydrogen) atoms. The summed E-state index contributed by atoms with van der Waals surface area (Å²) in [6, 6.07) is 16.3. The van der Waals surface area contributed by atoms with Crippen molar-refractivity contribution >= 4 is 12.0 Å². The molecule has 0 bridgehead atoms. The number of para-hydroxylation sites is 1. The molecule has 0 aliphatic carbocycles. The summed E-state index contributed by atoms with van der Waals surface area (Å²) in [6.45, 7) is 4.13. The highest BCUT2D eigenvalue weighted by atomic mass is 16.6. The number of hydrogen-bond donors (Lipinski definition) is 2. The van der Waals surface area contributed by atoms with Crippen LogP contribution in [0.4, 0.5) is 4.79 Å². The van der Waals surface area contributed by atoms with Crippen LogP contribution in [0.25, 0.3) is 0 Å². The molecule has 1 heterocycles. The van der Waals surface area contributed by atoms with E-state index in [4.69, 9.17) is 9.47 Å². The number of nitrogens with one attached hydrogen (secondary N) is 2. The Bertz CT molecular complexity index is 860. The topological polar surface area (TPSA) is 76.7 Å². The maximum Gasteiger partial charge on any atom is 0.338 e. The first-order chi connectivity index (χ1) is 13.6. The molecule has 2 aromatic carbocycles. The average molecular weight is 380 g/mol. The minimum absolute atomic E-state index is 0.111. The molecule has 0 unspecified atom stereocenters. The van der Waals surface area contributed by atoms with E-state index in [1.807, 2.05) is 54.6 Å². The van der Waals surface area contributed by atoms with Gasteiger partial charge in [-0.15, -0.1) is 0 Å². The fourth-order valence-corrected chi connectivity index (χ4v) is 3.05. The molecule has 0 saturated heterocycles. The van der Waals surface area contributed by atoms with E-state index in [1.165, 1.54) is 5.56 Å². The monoisotopic (exact) mass is 380 g/mol. The van der Waals surface area contributed by atoms with Crippen molar-refractivity contribution in [2.24, 2.45) is 0 Å². The van der Waals surface area contributed by atoms with Gasteiger partial charge >= 0.3 is 12.0 Å². The molecule has 0 spiro atoms. The Hall–Kier alpha value is -3.28. The highest BCUT2D eigenvalue weighted by Gasteiger charge is 2.32. The van der Waals surface area contributed by atoms with Gasteiger partial charge in [0.15, 0.2) is 0 Å². The van der Waals surface area contributed by atoms with Crippen LogP contribution < -0.4 is 15.4 Å². The van der Waals surface area contributed by atoms with Crippen LogP contribution in [0.5, 0.6) is 5.75 Å². The molecule has 146 valence electrons. The summed E-state index contributed by atoms with van der Waals surface area (Å²) in [5.41, 5.74) is 2.90. The van der Waals surface area contributed by atoms with Gasteiger partial charge in [-0.3, -0.25) is 0 Å². The van der Waals surface area contributed by atoms with Crippen LogP contribution in [0.2, 0.25) is 0 Å². The molecule has 0 saturated carbocycles. The van der Waals surface area contributed by atoms with Gasteiger partial charge in [-0.05, 0) is 36.6 Å². The maximum atomic E-state index is 12.7. The van der Waals surface area contributed by atoms with E-state index in [9.17, 15) is 9.59 Å². The molecule has 1 aliphatic rings. The molecule has 2 amide bonds. The zero-order valence-electron chi connectivity index (χ0n) is 16.0. The second kappa shape index (κ2) is 9.08. The van der Waals surface area contributed by atoms with E-state index < -0.39 is 12.0 Å². The van der Waals surface area contributed by atoms with E-state index in [1.54, 1.807) is 6.92 Å². The Morgan fingerprint density at radius 3 is 2.43 bits per heavy atom. The van der Waals surface area contributed by atoms with Crippen LogP contribution >= 0.6 is 0 Å². The fourth-order valence-electron chi connectivity index (χ4n) is 3.05. The van der Waals surface area contributed by atoms with Gasteiger partial charge in [-0.1, -0.05) is 49.4 Å². The number of rotatable bonds is 7. The molecule has 6 nitrogen and oxygen atoms in total. The molecule has 1 aliphatic heterocycles. The Labute approximate surface area is 164 Å². The van der Waals surface area contributed by atoms with Gasteiger partial charge < -0.3 is 20.1 Å². The largest absolute Gasteiger partial charge is 0.490 e. The van der Waals surface area contributed by atoms with Crippen molar-refractivity contribution in [2.75, 3.05) is 13.2 Å². The van der Waals surface area contributed by atoms with Crippen molar-refractivity contribution in [3.05, 3.63) is 77.0 Å². The number of carbonyl (C=O) groups excluding carboxylic acids is 2. The molecular weight excluding hydrogens is 356 g/mol. The number of aryl methyl sites for hydroxylation is 1. The van der Waals surface area contributed by atoms with Gasteiger partial charge in [0.1, 0.15) is 19.0 Å². The zero-order valence-corrected chi connectivity index (χ0v) is 16.0. The van der Waals surface area contributed by atoms with Crippen LogP contribution in [0.1, 0.15) is 31.0 Å². The van der Waals surface area contributed by atoms with Crippen LogP contribution in [0, 0.1) is 0 Å². The molecule has 3 rings (SSSR count). The van der Waals surface area contributed by atoms with E-state index in [0.717, 1.165) is 17.7 Å². The lowest BCUT2D eigenvalue weighted by Crippen LogP contribution is -2.45. The Kier molecular flexibility index (Phi) is 6.32. The quantitative estimate of drug-likeness (QED) is 0.569. The van der Waals surface area contributed by atoms with Crippen molar-refractivity contribution in [3.8, 4) is 5.75 Å². The molecule has 0 aromatic heterocycles. The third-order valence-electron chi connectivity index (χ3n) is 4.54. The van der Waals surface area contributed by atoms with E-state index >= 15 is 0 Å². The van der Waals surface area contributed by atoms with Gasteiger partial charge in [0.05, 0.1) is 11.6 Å². The summed E-state index contributed by atoms with van der Waals surface area (Å²) in [5, 5.41) is 5.45.